The van der Waals surface area contributed by atoms with Crippen LogP contribution in [-0.2, 0) is 4.74 Å². The molecular formula is C12H26N2O. The van der Waals surface area contributed by atoms with Crippen molar-refractivity contribution in [1.82, 2.24) is 4.90 Å². The first-order valence-corrected chi connectivity index (χ1v) is 6.12. The molecule has 0 saturated carbocycles. The van der Waals surface area contributed by atoms with Gasteiger partial charge in [0.2, 0.25) is 0 Å². The molecule has 2 N–H and O–H groups in total. The third-order valence-electron chi connectivity index (χ3n) is 3.56. The Bertz CT molecular complexity index is 165. The van der Waals surface area contributed by atoms with Crippen LogP contribution in [0.25, 0.3) is 0 Å². The van der Waals surface area contributed by atoms with Crippen LogP contribution >= 0.6 is 0 Å². The lowest BCUT2D eigenvalue weighted by Gasteiger charge is -2.38. The van der Waals surface area contributed by atoms with E-state index in [9.17, 15) is 0 Å². The number of piperidine rings is 1. The Hall–Kier alpha value is -0.120. The highest BCUT2D eigenvalue weighted by Gasteiger charge is 2.26. The molecule has 0 bridgehead atoms. The van der Waals surface area contributed by atoms with Crippen LogP contribution in [0.3, 0.4) is 0 Å². The van der Waals surface area contributed by atoms with Gasteiger partial charge in [-0.25, -0.2) is 0 Å². The van der Waals surface area contributed by atoms with E-state index in [0.717, 1.165) is 19.1 Å². The summed E-state index contributed by atoms with van der Waals surface area (Å²) in [6.45, 7) is 8.63. The molecule has 1 aliphatic heterocycles. The lowest BCUT2D eigenvalue weighted by molar-refractivity contribution is 0.0427. The lowest BCUT2D eigenvalue weighted by atomic mass is 9.93. The molecule has 0 aromatic rings. The van der Waals surface area contributed by atoms with Crippen molar-refractivity contribution in [2.45, 2.75) is 32.7 Å². The van der Waals surface area contributed by atoms with Gasteiger partial charge >= 0.3 is 0 Å². The van der Waals surface area contributed by atoms with Crippen LogP contribution in [0.1, 0.15) is 26.7 Å². The van der Waals surface area contributed by atoms with Crippen molar-refractivity contribution in [3.63, 3.8) is 0 Å². The molecule has 1 aliphatic rings. The van der Waals surface area contributed by atoms with Crippen LogP contribution < -0.4 is 5.73 Å². The maximum absolute atomic E-state index is 5.70. The van der Waals surface area contributed by atoms with Crippen LogP contribution in [0.4, 0.5) is 0 Å². The molecule has 3 heteroatoms. The number of hydrogen-bond donors (Lipinski definition) is 1. The van der Waals surface area contributed by atoms with Crippen LogP contribution in [0.2, 0.25) is 0 Å². The quantitative estimate of drug-likeness (QED) is 0.750. The Morgan fingerprint density at radius 1 is 1.33 bits per heavy atom. The second kappa shape index (κ2) is 6.46. The van der Waals surface area contributed by atoms with E-state index in [2.05, 4.69) is 18.7 Å². The molecule has 0 aromatic carbocycles. The molecule has 90 valence electrons. The minimum atomic E-state index is 0.578. The van der Waals surface area contributed by atoms with Crippen molar-refractivity contribution in [3.8, 4) is 0 Å². The van der Waals surface area contributed by atoms with E-state index < -0.39 is 0 Å². The van der Waals surface area contributed by atoms with Gasteiger partial charge in [-0.15, -0.1) is 0 Å². The fourth-order valence-corrected chi connectivity index (χ4v) is 2.41. The van der Waals surface area contributed by atoms with Gasteiger partial charge in [-0.05, 0) is 44.3 Å². The summed E-state index contributed by atoms with van der Waals surface area (Å²) < 4.78 is 5.31. The molecule has 1 saturated heterocycles. The molecule has 1 unspecified atom stereocenters. The van der Waals surface area contributed by atoms with Crippen LogP contribution in [0, 0.1) is 11.8 Å². The summed E-state index contributed by atoms with van der Waals surface area (Å²) in [5.41, 5.74) is 5.70. The molecule has 1 atom stereocenters. The van der Waals surface area contributed by atoms with Crippen molar-refractivity contribution < 1.29 is 4.74 Å². The summed E-state index contributed by atoms with van der Waals surface area (Å²) in [4.78, 5) is 2.57. The Balaban J connectivity index is 2.41. The molecule has 0 amide bonds. The second-order valence-electron chi connectivity index (χ2n) is 4.98. The van der Waals surface area contributed by atoms with E-state index in [1.54, 1.807) is 7.11 Å². The SMILES string of the molecule is COCC(C(C)C)N1CCC(CN)CC1. The highest BCUT2D eigenvalue weighted by atomic mass is 16.5. The van der Waals surface area contributed by atoms with Gasteiger partial charge < -0.3 is 10.5 Å². The van der Waals surface area contributed by atoms with Gasteiger partial charge in [-0.2, -0.15) is 0 Å². The topological polar surface area (TPSA) is 38.5 Å². The molecule has 0 aliphatic carbocycles. The van der Waals surface area contributed by atoms with Gasteiger partial charge in [-0.1, -0.05) is 13.8 Å². The molecule has 0 aromatic heterocycles. The number of likely N-dealkylation sites (tertiary alicyclic amines) is 1. The minimum absolute atomic E-state index is 0.578. The average Bonchev–Trinajstić information content (AvgIpc) is 2.26. The first-order valence-electron chi connectivity index (χ1n) is 6.12. The first kappa shape index (κ1) is 12.9. The lowest BCUT2D eigenvalue weighted by Crippen LogP contribution is -2.47. The maximum Gasteiger partial charge on any atom is 0.0620 e. The zero-order valence-electron chi connectivity index (χ0n) is 10.4. The standard InChI is InChI=1S/C12H26N2O/c1-10(2)12(9-15-3)14-6-4-11(8-13)5-7-14/h10-12H,4-9,13H2,1-3H3. The molecule has 1 fully saturated rings. The minimum Gasteiger partial charge on any atom is -0.383 e. The fourth-order valence-electron chi connectivity index (χ4n) is 2.41. The number of methoxy groups -OCH3 is 1. The highest BCUT2D eigenvalue weighted by Crippen LogP contribution is 2.21. The maximum atomic E-state index is 5.70. The monoisotopic (exact) mass is 214 g/mol. The predicted octanol–water partition coefficient (Wildman–Crippen LogP) is 1.33. The first-order chi connectivity index (χ1) is 7.19. The molecular weight excluding hydrogens is 188 g/mol. The average molecular weight is 214 g/mol. The van der Waals surface area contributed by atoms with Crippen molar-refractivity contribution >= 4 is 0 Å². The molecule has 1 heterocycles. The zero-order chi connectivity index (χ0) is 11.3. The summed E-state index contributed by atoms with van der Waals surface area (Å²) >= 11 is 0. The molecule has 0 spiro atoms. The summed E-state index contributed by atoms with van der Waals surface area (Å²) in [5.74, 6) is 1.41. The summed E-state index contributed by atoms with van der Waals surface area (Å²) in [7, 11) is 1.79. The largest absolute Gasteiger partial charge is 0.383 e. The third kappa shape index (κ3) is 3.74. The summed E-state index contributed by atoms with van der Waals surface area (Å²) in [6, 6.07) is 0.578. The number of rotatable bonds is 5. The van der Waals surface area contributed by atoms with Gasteiger partial charge in [-0.3, -0.25) is 4.90 Å². The molecule has 0 radical (unpaired) electrons. The molecule has 3 nitrogen and oxygen atoms in total. The highest BCUT2D eigenvalue weighted by molar-refractivity contribution is 4.80. The Morgan fingerprint density at radius 2 is 1.93 bits per heavy atom. The third-order valence-corrected chi connectivity index (χ3v) is 3.56. The van der Waals surface area contributed by atoms with E-state index in [4.69, 9.17) is 10.5 Å². The van der Waals surface area contributed by atoms with Crippen molar-refractivity contribution in [3.05, 3.63) is 0 Å². The van der Waals surface area contributed by atoms with Crippen molar-refractivity contribution in [2.24, 2.45) is 17.6 Å². The number of ether oxygens (including phenoxy) is 1. The second-order valence-corrected chi connectivity index (χ2v) is 4.98. The van der Waals surface area contributed by atoms with Gasteiger partial charge in [0.1, 0.15) is 0 Å². The number of nitrogens with zero attached hydrogens (tertiary/aromatic N) is 1. The van der Waals surface area contributed by atoms with Gasteiger partial charge in [0.25, 0.3) is 0 Å². The van der Waals surface area contributed by atoms with Gasteiger partial charge in [0.15, 0.2) is 0 Å². The van der Waals surface area contributed by atoms with E-state index in [0.29, 0.717) is 12.0 Å². The Kier molecular flexibility index (Phi) is 5.58. The smallest absolute Gasteiger partial charge is 0.0620 e. The Labute approximate surface area is 94.0 Å². The van der Waals surface area contributed by atoms with E-state index in [1.807, 2.05) is 0 Å². The van der Waals surface area contributed by atoms with Gasteiger partial charge in [0, 0.05) is 13.2 Å². The van der Waals surface area contributed by atoms with Crippen LogP contribution in [0.15, 0.2) is 0 Å². The summed E-state index contributed by atoms with van der Waals surface area (Å²) in [6.07, 6.45) is 2.51. The van der Waals surface area contributed by atoms with Crippen LogP contribution in [0.5, 0.6) is 0 Å². The van der Waals surface area contributed by atoms with E-state index in [-0.39, 0.29) is 0 Å². The summed E-state index contributed by atoms with van der Waals surface area (Å²) in [5, 5.41) is 0. The normalized spacial score (nSPS) is 22.2. The van der Waals surface area contributed by atoms with Gasteiger partial charge in [0.05, 0.1) is 6.61 Å². The van der Waals surface area contributed by atoms with Crippen molar-refractivity contribution in [2.75, 3.05) is 33.4 Å². The number of nitrogens with two attached hydrogens (primary N) is 1. The number of hydrogen-bond acceptors (Lipinski definition) is 3. The Morgan fingerprint density at radius 3 is 2.33 bits per heavy atom. The molecule has 1 rings (SSSR count). The molecule has 15 heavy (non-hydrogen) atoms. The van der Waals surface area contributed by atoms with Crippen LogP contribution in [-0.4, -0.2) is 44.3 Å². The van der Waals surface area contributed by atoms with E-state index in [1.165, 1.54) is 25.9 Å². The fraction of sp³-hybridized carbons (Fsp3) is 1.00. The van der Waals surface area contributed by atoms with E-state index >= 15 is 0 Å². The van der Waals surface area contributed by atoms with Crippen molar-refractivity contribution in [1.29, 1.82) is 0 Å². The predicted molar refractivity (Wildman–Crippen MR) is 63.9 cm³/mol. The zero-order valence-corrected chi connectivity index (χ0v) is 10.4.